The molecule has 36 heavy (non-hydrogen) atoms. The summed E-state index contributed by atoms with van der Waals surface area (Å²) >= 11 is 6.27. The number of para-hydroxylation sites is 1. The van der Waals surface area contributed by atoms with Crippen molar-refractivity contribution >= 4 is 61.4 Å². The van der Waals surface area contributed by atoms with E-state index >= 15 is 0 Å². The minimum atomic E-state index is -0.289. The maximum absolute atomic E-state index is 13.7. The topological polar surface area (TPSA) is 85.6 Å². The number of carbonyl (C=O) groups excluding carboxylic acids is 1. The lowest BCUT2D eigenvalue weighted by atomic mass is 9.97. The Bertz CT molecular complexity index is 1520. The fourth-order valence-corrected chi connectivity index (χ4v) is 6.86. The van der Waals surface area contributed by atoms with Crippen LogP contribution in [0.1, 0.15) is 28.8 Å². The third-order valence-electron chi connectivity index (χ3n) is 5.88. The molecule has 1 amide bonds. The number of ether oxygens (including phenoxy) is 1. The van der Waals surface area contributed by atoms with E-state index in [1.807, 2.05) is 48.5 Å². The molecule has 1 N–H and O–H groups in total. The van der Waals surface area contributed by atoms with E-state index in [-0.39, 0.29) is 17.2 Å². The van der Waals surface area contributed by atoms with Crippen molar-refractivity contribution < 1.29 is 9.53 Å². The van der Waals surface area contributed by atoms with Crippen LogP contribution in [0.4, 0.5) is 0 Å². The molecule has 0 saturated carbocycles. The maximum atomic E-state index is 13.7. The summed E-state index contributed by atoms with van der Waals surface area (Å²) in [5, 5.41) is 5.28. The molecule has 0 aliphatic heterocycles. The van der Waals surface area contributed by atoms with Gasteiger partial charge in [-0.25, -0.2) is 10.4 Å². The third-order valence-corrected chi connectivity index (χ3v) is 8.63. The van der Waals surface area contributed by atoms with Crippen LogP contribution in [0.5, 0.6) is 5.75 Å². The largest absolute Gasteiger partial charge is 0.496 e. The highest BCUT2D eigenvalue weighted by Crippen LogP contribution is 2.35. The molecule has 4 aromatic rings. The highest BCUT2D eigenvalue weighted by molar-refractivity contribution is 9.10. The number of amides is 1. The molecule has 2 aromatic carbocycles. The Labute approximate surface area is 224 Å². The van der Waals surface area contributed by atoms with Crippen molar-refractivity contribution in [2.75, 3.05) is 12.9 Å². The van der Waals surface area contributed by atoms with E-state index in [0.717, 1.165) is 57.2 Å². The quantitative estimate of drug-likeness (QED) is 0.137. The molecule has 10 heteroatoms. The average molecular weight is 584 g/mol. The zero-order valence-electron chi connectivity index (χ0n) is 19.5. The number of aromatic nitrogens is 2. The molecule has 184 valence electrons. The number of hydrogen-bond donors (Lipinski definition) is 1. The number of nitrogens with one attached hydrogen (secondary N) is 1. The number of nitrogens with zero attached hydrogens (tertiary/aromatic N) is 3. The monoisotopic (exact) mass is 582 g/mol. The molecule has 7 nitrogen and oxygen atoms in total. The second-order valence-corrected chi connectivity index (χ2v) is 11.1. The average Bonchev–Trinajstić information content (AvgIpc) is 3.27. The van der Waals surface area contributed by atoms with Gasteiger partial charge >= 0.3 is 0 Å². The van der Waals surface area contributed by atoms with Crippen molar-refractivity contribution in [1.82, 2.24) is 15.0 Å². The molecule has 0 saturated heterocycles. The van der Waals surface area contributed by atoms with E-state index in [1.54, 1.807) is 29.2 Å². The summed E-state index contributed by atoms with van der Waals surface area (Å²) < 4.78 is 7.65. The molecule has 0 fully saturated rings. The molecule has 1 aliphatic rings. The third kappa shape index (κ3) is 5.11. The lowest BCUT2D eigenvalue weighted by Crippen LogP contribution is -2.24. The summed E-state index contributed by atoms with van der Waals surface area (Å²) in [4.78, 5) is 33.1. The first-order chi connectivity index (χ1) is 17.5. The molecule has 2 aromatic heterocycles. The van der Waals surface area contributed by atoms with Gasteiger partial charge in [-0.15, -0.1) is 11.3 Å². The zero-order chi connectivity index (χ0) is 25.1. The predicted molar refractivity (Wildman–Crippen MR) is 149 cm³/mol. The number of benzene rings is 2. The molecule has 0 unspecified atom stereocenters. The lowest BCUT2D eigenvalue weighted by Gasteiger charge is -2.13. The van der Waals surface area contributed by atoms with Gasteiger partial charge in [-0.3, -0.25) is 14.2 Å². The van der Waals surface area contributed by atoms with E-state index in [1.165, 1.54) is 16.6 Å². The van der Waals surface area contributed by atoms with Gasteiger partial charge < -0.3 is 4.74 Å². The van der Waals surface area contributed by atoms with Crippen LogP contribution in [-0.4, -0.2) is 34.5 Å². The highest BCUT2D eigenvalue weighted by Gasteiger charge is 2.23. The number of aryl methyl sites for hydroxylation is 2. The Balaban J connectivity index is 1.38. The first-order valence-corrected chi connectivity index (χ1v) is 14.1. The first kappa shape index (κ1) is 24.7. The summed E-state index contributed by atoms with van der Waals surface area (Å²) in [7, 11) is 1.60. The molecule has 2 heterocycles. The van der Waals surface area contributed by atoms with Crippen LogP contribution in [0, 0.1) is 0 Å². The first-order valence-electron chi connectivity index (χ1n) is 11.5. The van der Waals surface area contributed by atoms with Gasteiger partial charge in [-0.1, -0.05) is 30.0 Å². The number of rotatable bonds is 7. The predicted octanol–water partition coefficient (Wildman–Crippen LogP) is 5.34. The summed E-state index contributed by atoms with van der Waals surface area (Å²) in [6.45, 7) is 0. The van der Waals surface area contributed by atoms with Crippen molar-refractivity contribution in [3.63, 3.8) is 0 Å². The fraction of sp³-hybridized carbons (Fsp3) is 0.231. The van der Waals surface area contributed by atoms with Crippen molar-refractivity contribution in [3.05, 3.63) is 79.4 Å². The number of halogens is 1. The van der Waals surface area contributed by atoms with Gasteiger partial charge in [-0.05, 0) is 83.1 Å². The van der Waals surface area contributed by atoms with Crippen molar-refractivity contribution in [1.29, 1.82) is 0 Å². The van der Waals surface area contributed by atoms with Crippen molar-refractivity contribution in [2.24, 2.45) is 5.10 Å². The van der Waals surface area contributed by atoms with Crippen LogP contribution in [0.15, 0.2) is 68.1 Å². The number of hydrogen-bond acceptors (Lipinski definition) is 7. The van der Waals surface area contributed by atoms with E-state index in [0.29, 0.717) is 10.9 Å². The van der Waals surface area contributed by atoms with E-state index in [9.17, 15) is 9.59 Å². The number of thioether (sulfide) groups is 1. The van der Waals surface area contributed by atoms with E-state index in [4.69, 9.17) is 9.72 Å². The van der Waals surface area contributed by atoms with Crippen LogP contribution < -0.4 is 15.7 Å². The molecule has 5 rings (SSSR count). The number of methoxy groups -OCH3 is 1. The van der Waals surface area contributed by atoms with Crippen LogP contribution in [-0.2, 0) is 17.6 Å². The Kier molecular flexibility index (Phi) is 7.54. The molecule has 0 atom stereocenters. The summed E-state index contributed by atoms with van der Waals surface area (Å²) in [6, 6.07) is 15.0. The van der Waals surface area contributed by atoms with Crippen LogP contribution in [0.2, 0.25) is 0 Å². The summed E-state index contributed by atoms with van der Waals surface area (Å²) in [6.07, 6.45) is 5.71. The lowest BCUT2D eigenvalue weighted by molar-refractivity contribution is -0.118. The van der Waals surface area contributed by atoms with Gasteiger partial charge in [0.2, 0.25) is 0 Å². The minimum Gasteiger partial charge on any atom is -0.496 e. The number of thiophene rings is 1. The smallest absolute Gasteiger partial charge is 0.267 e. The van der Waals surface area contributed by atoms with Crippen molar-refractivity contribution in [3.8, 4) is 11.4 Å². The Morgan fingerprint density at radius 3 is 2.83 bits per heavy atom. The van der Waals surface area contributed by atoms with Gasteiger partial charge in [0.05, 0.1) is 34.6 Å². The Hall–Kier alpha value is -2.95. The van der Waals surface area contributed by atoms with Crippen LogP contribution >= 0.6 is 39.0 Å². The molecular formula is C26H23BrN4O3S2. The summed E-state index contributed by atoms with van der Waals surface area (Å²) in [5.74, 6) is 0.496. The van der Waals surface area contributed by atoms with Gasteiger partial charge in [0, 0.05) is 4.88 Å². The van der Waals surface area contributed by atoms with E-state index in [2.05, 4.69) is 26.5 Å². The maximum Gasteiger partial charge on any atom is 0.267 e. The van der Waals surface area contributed by atoms with Gasteiger partial charge in [0.15, 0.2) is 5.16 Å². The minimum absolute atomic E-state index is 0.0690. The van der Waals surface area contributed by atoms with Gasteiger partial charge in [-0.2, -0.15) is 5.10 Å². The van der Waals surface area contributed by atoms with Gasteiger partial charge in [0.1, 0.15) is 10.6 Å². The molecule has 1 aliphatic carbocycles. The number of fused-ring (bicyclic) bond motifs is 3. The second kappa shape index (κ2) is 11.0. The molecule has 0 radical (unpaired) electrons. The number of carbonyl (C=O) groups is 1. The van der Waals surface area contributed by atoms with Crippen LogP contribution in [0.25, 0.3) is 15.9 Å². The molecule has 0 spiro atoms. The normalized spacial score (nSPS) is 13.2. The number of hydrazone groups is 1. The van der Waals surface area contributed by atoms with Crippen molar-refractivity contribution in [2.45, 2.75) is 30.8 Å². The highest BCUT2D eigenvalue weighted by atomic mass is 79.9. The Morgan fingerprint density at radius 1 is 1.25 bits per heavy atom. The fourth-order valence-electron chi connectivity index (χ4n) is 4.19. The SMILES string of the molecule is COc1ccc(C=NNC(=O)CSc2nc3sc4c(c3c(=O)n2-c2ccccc2)CCCC4)cc1Br. The molecule has 0 bridgehead atoms. The van der Waals surface area contributed by atoms with Crippen LogP contribution in [0.3, 0.4) is 0 Å². The Morgan fingerprint density at radius 2 is 2.06 bits per heavy atom. The van der Waals surface area contributed by atoms with E-state index < -0.39 is 0 Å². The zero-order valence-corrected chi connectivity index (χ0v) is 22.7. The molecular weight excluding hydrogens is 560 g/mol. The van der Waals surface area contributed by atoms with Gasteiger partial charge in [0.25, 0.3) is 11.5 Å². The standard InChI is InChI=1S/C26H23BrN4O3S2/c1-34-20-12-11-16(13-19(20)27)14-28-30-22(32)15-35-26-29-24-23(18-9-5-6-10-21(18)36-24)25(33)31(26)17-7-3-2-4-8-17/h2-4,7-8,11-14H,5-6,9-10,15H2,1H3,(H,30,32). The second-order valence-electron chi connectivity index (χ2n) is 8.24. The summed E-state index contributed by atoms with van der Waals surface area (Å²) in [5.41, 5.74) is 5.17.